The molecule has 1 fully saturated rings. The average molecular weight is 256 g/mol. The number of rotatable bonds is 7. The monoisotopic (exact) mass is 256 g/mol. The molecule has 2 atom stereocenters. The van der Waals surface area contributed by atoms with E-state index in [2.05, 4.69) is 25.2 Å². The Morgan fingerprint density at radius 1 is 1.59 bits per heavy atom. The SMILES string of the molecule is CC(C)NC(C)(C#N)CCSCC1CCCO1. The van der Waals surface area contributed by atoms with Gasteiger partial charge in [0.15, 0.2) is 0 Å². The molecule has 1 N–H and O–H groups in total. The molecule has 1 heterocycles. The molecule has 0 saturated carbocycles. The molecular formula is C13H24N2OS. The molecule has 0 aliphatic carbocycles. The van der Waals surface area contributed by atoms with Crippen LogP contribution in [0.15, 0.2) is 0 Å². The third kappa shape index (κ3) is 5.76. The Balaban J connectivity index is 2.16. The first-order valence-electron chi connectivity index (χ1n) is 6.44. The van der Waals surface area contributed by atoms with Crippen LogP contribution < -0.4 is 5.32 Å². The highest BCUT2D eigenvalue weighted by Crippen LogP contribution is 2.20. The van der Waals surface area contributed by atoms with Crippen LogP contribution in [0.1, 0.15) is 40.0 Å². The first kappa shape index (κ1) is 14.8. The average Bonchev–Trinajstić information content (AvgIpc) is 2.76. The molecule has 0 aromatic heterocycles. The third-order valence-corrected chi connectivity index (χ3v) is 4.03. The van der Waals surface area contributed by atoms with Crippen LogP contribution in [0, 0.1) is 11.3 Å². The van der Waals surface area contributed by atoms with Crippen molar-refractivity contribution in [3.63, 3.8) is 0 Å². The molecular weight excluding hydrogens is 232 g/mol. The fourth-order valence-electron chi connectivity index (χ4n) is 2.06. The Labute approximate surface area is 109 Å². The second kappa shape index (κ2) is 7.25. The van der Waals surface area contributed by atoms with Crippen molar-refractivity contribution in [2.45, 2.75) is 57.7 Å². The lowest BCUT2D eigenvalue weighted by Gasteiger charge is -2.25. The fraction of sp³-hybridized carbons (Fsp3) is 0.923. The zero-order chi connectivity index (χ0) is 12.7. The van der Waals surface area contributed by atoms with Gasteiger partial charge in [0.2, 0.25) is 0 Å². The van der Waals surface area contributed by atoms with Gasteiger partial charge in [-0.2, -0.15) is 17.0 Å². The molecule has 98 valence electrons. The lowest BCUT2D eigenvalue weighted by molar-refractivity contribution is 0.129. The number of nitrogens with zero attached hydrogens (tertiary/aromatic N) is 1. The summed E-state index contributed by atoms with van der Waals surface area (Å²) < 4.78 is 5.57. The highest BCUT2D eigenvalue weighted by molar-refractivity contribution is 7.99. The van der Waals surface area contributed by atoms with Crippen LogP contribution in [0.25, 0.3) is 0 Å². The number of ether oxygens (including phenoxy) is 1. The van der Waals surface area contributed by atoms with Gasteiger partial charge in [-0.25, -0.2) is 0 Å². The molecule has 0 spiro atoms. The van der Waals surface area contributed by atoms with Crippen molar-refractivity contribution in [2.75, 3.05) is 18.1 Å². The van der Waals surface area contributed by atoms with Crippen molar-refractivity contribution < 1.29 is 4.74 Å². The highest BCUT2D eigenvalue weighted by Gasteiger charge is 2.24. The maximum Gasteiger partial charge on any atom is 0.104 e. The van der Waals surface area contributed by atoms with Gasteiger partial charge in [0.05, 0.1) is 12.2 Å². The van der Waals surface area contributed by atoms with E-state index in [4.69, 9.17) is 4.74 Å². The lowest BCUT2D eigenvalue weighted by atomic mass is 10.0. The highest BCUT2D eigenvalue weighted by atomic mass is 32.2. The standard InChI is InChI=1S/C13H24N2OS/c1-11(2)15-13(3,10-14)6-8-17-9-12-5-4-7-16-12/h11-12,15H,4-9H2,1-3H3. The Kier molecular flexibility index (Phi) is 6.32. The number of nitrogens with one attached hydrogen (secondary N) is 1. The molecule has 3 nitrogen and oxygen atoms in total. The number of hydrogen-bond acceptors (Lipinski definition) is 4. The number of thioether (sulfide) groups is 1. The summed E-state index contributed by atoms with van der Waals surface area (Å²) in [5.41, 5.74) is -0.391. The van der Waals surface area contributed by atoms with E-state index in [9.17, 15) is 5.26 Å². The lowest BCUT2D eigenvalue weighted by Crippen LogP contribution is -2.45. The summed E-state index contributed by atoms with van der Waals surface area (Å²) in [5.74, 6) is 2.09. The van der Waals surface area contributed by atoms with E-state index < -0.39 is 5.54 Å². The summed E-state index contributed by atoms with van der Waals surface area (Å²) in [6, 6.07) is 2.73. The molecule has 1 aliphatic rings. The summed E-state index contributed by atoms with van der Waals surface area (Å²) in [7, 11) is 0. The van der Waals surface area contributed by atoms with Crippen molar-refractivity contribution in [3.05, 3.63) is 0 Å². The van der Waals surface area contributed by atoms with Crippen LogP contribution in [0.5, 0.6) is 0 Å². The minimum absolute atomic E-state index is 0.350. The molecule has 17 heavy (non-hydrogen) atoms. The fourth-order valence-corrected chi connectivity index (χ4v) is 3.31. The van der Waals surface area contributed by atoms with Crippen molar-refractivity contribution in [2.24, 2.45) is 0 Å². The van der Waals surface area contributed by atoms with Crippen molar-refractivity contribution in [1.29, 1.82) is 5.26 Å². The number of hydrogen-bond donors (Lipinski definition) is 1. The molecule has 1 rings (SSSR count). The van der Waals surface area contributed by atoms with Gasteiger partial charge in [-0.3, -0.25) is 5.32 Å². The van der Waals surface area contributed by atoms with Gasteiger partial charge in [0.25, 0.3) is 0 Å². The van der Waals surface area contributed by atoms with E-state index in [1.165, 1.54) is 12.8 Å². The van der Waals surface area contributed by atoms with Gasteiger partial charge in [0.1, 0.15) is 5.54 Å². The van der Waals surface area contributed by atoms with Crippen LogP contribution in [-0.4, -0.2) is 35.8 Å². The van der Waals surface area contributed by atoms with Crippen LogP contribution in [0.2, 0.25) is 0 Å². The van der Waals surface area contributed by atoms with Crippen LogP contribution >= 0.6 is 11.8 Å². The molecule has 0 bridgehead atoms. The molecule has 0 amide bonds. The predicted octanol–water partition coefficient (Wildman–Crippen LogP) is 2.57. The van der Waals surface area contributed by atoms with Gasteiger partial charge in [-0.05, 0) is 45.8 Å². The predicted molar refractivity (Wildman–Crippen MR) is 73.2 cm³/mol. The largest absolute Gasteiger partial charge is 0.377 e. The first-order chi connectivity index (χ1) is 8.06. The minimum atomic E-state index is -0.391. The molecule has 1 saturated heterocycles. The summed E-state index contributed by atoms with van der Waals surface area (Å²) in [6.45, 7) is 7.07. The molecule has 4 heteroatoms. The van der Waals surface area contributed by atoms with Crippen molar-refractivity contribution >= 4 is 11.8 Å². The Bertz CT molecular complexity index is 259. The van der Waals surface area contributed by atoms with Gasteiger partial charge >= 0.3 is 0 Å². The van der Waals surface area contributed by atoms with E-state index >= 15 is 0 Å². The van der Waals surface area contributed by atoms with Crippen LogP contribution in [0.3, 0.4) is 0 Å². The topological polar surface area (TPSA) is 45.0 Å². The quantitative estimate of drug-likeness (QED) is 0.711. The maximum absolute atomic E-state index is 9.20. The van der Waals surface area contributed by atoms with Crippen molar-refractivity contribution in [1.82, 2.24) is 5.32 Å². The van der Waals surface area contributed by atoms with E-state index in [0.717, 1.165) is 24.5 Å². The molecule has 1 aliphatic heterocycles. The second-order valence-electron chi connectivity index (χ2n) is 5.20. The second-order valence-corrected chi connectivity index (χ2v) is 6.35. The summed E-state index contributed by atoms with van der Waals surface area (Å²) in [6.07, 6.45) is 3.74. The molecule has 2 unspecified atom stereocenters. The van der Waals surface area contributed by atoms with Gasteiger partial charge < -0.3 is 4.74 Å². The van der Waals surface area contributed by atoms with Crippen LogP contribution in [-0.2, 0) is 4.74 Å². The smallest absolute Gasteiger partial charge is 0.104 e. The van der Waals surface area contributed by atoms with Crippen LogP contribution in [0.4, 0.5) is 0 Å². The molecule has 0 aromatic carbocycles. The minimum Gasteiger partial charge on any atom is -0.377 e. The summed E-state index contributed by atoms with van der Waals surface area (Å²) in [5, 5.41) is 12.5. The molecule has 0 aromatic rings. The van der Waals surface area contributed by atoms with E-state index in [1.807, 2.05) is 18.7 Å². The Hall–Kier alpha value is -0.240. The number of nitriles is 1. The first-order valence-corrected chi connectivity index (χ1v) is 7.59. The summed E-state index contributed by atoms with van der Waals surface area (Å²) in [4.78, 5) is 0. The Morgan fingerprint density at radius 3 is 2.88 bits per heavy atom. The van der Waals surface area contributed by atoms with E-state index in [-0.39, 0.29) is 0 Å². The van der Waals surface area contributed by atoms with Gasteiger partial charge in [0, 0.05) is 18.4 Å². The zero-order valence-corrected chi connectivity index (χ0v) is 12.0. The summed E-state index contributed by atoms with van der Waals surface area (Å²) >= 11 is 1.90. The molecule has 0 radical (unpaired) electrons. The zero-order valence-electron chi connectivity index (χ0n) is 11.2. The van der Waals surface area contributed by atoms with Gasteiger partial charge in [-0.1, -0.05) is 0 Å². The van der Waals surface area contributed by atoms with Gasteiger partial charge in [-0.15, -0.1) is 0 Å². The van der Waals surface area contributed by atoms with Crippen molar-refractivity contribution in [3.8, 4) is 6.07 Å². The van der Waals surface area contributed by atoms with E-state index in [0.29, 0.717) is 12.1 Å². The Morgan fingerprint density at radius 2 is 2.35 bits per heavy atom. The normalized spacial score (nSPS) is 23.6. The third-order valence-electron chi connectivity index (χ3n) is 2.93. The maximum atomic E-state index is 9.20. The van der Waals surface area contributed by atoms with E-state index in [1.54, 1.807) is 0 Å².